The lowest BCUT2D eigenvalue weighted by Gasteiger charge is -2.57. The molecule has 0 N–H and O–H groups in total. The number of rotatable bonds is 9. The van der Waals surface area contributed by atoms with Crippen molar-refractivity contribution < 1.29 is 19.1 Å². The van der Waals surface area contributed by atoms with Crippen LogP contribution in [-0.4, -0.2) is 67.1 Å². The van der Waals surface area contributed by atoms with Crippen LogP contribution < -0.4 is 4.74 Å². The Kier molecular flexibility index (Phi) is 9.14. The van der Waals surface area contributed by atoms with E-state index in [0.717, 1.165) is 60.8 Å². The zero-order valence-corrected chi connectivity index (χ0v) is 25.4. The molecular weight excluding hydrogens is 524 g/mol. The van der Waals surface area contributed by atoms with E-state index in [1.165, 1.54) is 6.92 Å². The number of hydrogen-bond donors (Lipinski definition) is 0. The number of carbonyl (C=O) groups is 2. The zero-order chi connectivity index (χ0) is 29.9. The minimum absolute atomic E-state index is 0.00379. The van der Waals surface area contributed by atoms with Gasteiger partial charge in [-0.15, -0.1) is 6.58 Å². The average Bonchev–Trinajstić information content (AvgIpc) is 2.98. The third-order valence-corrected chi connectivity index (χ3v) is 9.21. The van der Waals surface area contributed by atoms with Crippen molar-refractivity contribution in [3.8, 4) is 5.75 Å². The van der Waals surface area contributed by atoms with Gasteiger partial charge in [0.05, 0.1) is 6.10 Å². The Labute approximate surface area is 250 Å². The van der Waals surface area contributed by atoms with Crippen LogP contribution in [0.4, 0.5) is 0 Å². The van der Waals surface area contributed by atoms with Crippen LogP contribution in [0.1, 0.15) is 56.0 Å². The largest absolute Gasteiger partial charge is 0.427 e. The molecule has 6 heteroatoms. The maximum Gasteiger partial charge on any atom is 0.308 e. The van der Waals surface area contributed by atoms with Crippen molar-refractivity contribution in [2.45, 2.75) is 57.6 Å². The number of amides is 1. The Morgan fingerprint density at radius 1 is 1.10 bits per heavy atom. The average molecular weight is 569 g/mol. The van der Waals surface area contributed by atoms with E-state index in [1.54, 1.807) is 7.11 Å². The van der Waals surface area contributed by atoms with Gasteiger partial charge in [-0.25, -0.2) is 0 Å². The molecular formula is C36H44N2O4. The number of esters is 1. The van der Waals surface area contributed by atoms with E-state index in [2.05, 4.69) is 48.4 Å². The molecule has 3 aromatic carbocycles. The molecule has 222 valence electrons. The molecule has 1 saturated carbocycles. The molecule has 0 radical (unpaired) electrons. The number of carbonyl (C=O) groups excluding carboxylic acids is 2. The van der Waals surface area contributed by atoms with Crippen LogP contribution in [0, 0.1) is 11.8 Å². The smallest absolute Gasteiger partial charge is 0.308 e. The first-order chi connectivity index (χ1) is 20.2. The standard InChI is InChI=1S/C36H44N2O4/c1-6-17-37-18-16-36(30-12-9-13-32(20-30)42-26(4)39)22-31(21-34(41-5)33(36)24-37)38(23-25(2)3)35(40)29-15-14-27-10-7-8-11-28(27)19-29/h6-15,19-20,25,31,33-34H,1,16-18,21-24H2,2-5H3/t31-,33+,34?,36+/m1/s1. The van der Waals surface area contributed by atoms with Gasteiger partial charge in [0.2, 0.25) is 0 Å². The summed E-state index contributed by atoms with van der Waals surface area (Å²) in [5.74, 6) is 0.828. The van der Waals surface area contributed by atoms with Crippen molar-refractivity contribution in [1.82, 2.24) is 9.80 Å². The van der Waals surface area contributed by atoms with Crippen LogP contribution in [0.15, 0.2) is 79.4 Å². The normalized spacial score (nSPS) is 24.3. The summed E-state index contributed by atoms with van der Waals surface area (Å²) >= 11 is 0. The predicted molar refractivity (Wildman–Crippen MR) is 168 cm³/mol. The second-order valence-electron chi connectivity index (χ2n) is 12.5. The summed E-state index contributed by atoms with van der Waals surface area (Å²) in [6.07, 6.45) is 4.46. The quantitative estimate of drug-likeness (QED) is 0.168. The minimum Gasteiger partial charge on any atom is -0.427 e. The molecule has 42 heavy (non-hydrogen) atoms. The van der Waals surface area contributed by atoms with Gasteiger partial charge in [0.25, 0.3) is 5.91 Å². The second-order valence-corrected chi connectivity index (χ2v) is 12.5. The Balaban J connectivity index is 1.56. The fourth-order valence-corrected chi connectivity index (χ4v) is 7.39. The fraction of sp³-hybridized carbons (Fsp3) is 0.444. The Morgan fingerprint density at radius 3 is 2.60 bits per heavy atom. The molecule has 1 aliphatic heterocycles. The first-order valence-corrected chi connectivity index (χ1v) is 15.2. The summed E-state index contributed by atoms with van der Waals surface area (Å²) in [6, 6.07) is 22.2. The summed E-state index contributed by atoms with van der Waals surface area (Å²) in [4.78, 5) is 30.7. The summed E-state index contributed by atoms with van der Waals surface area (Å²) < 4.78 is 11.8. The fourth-order valence-electron chi connectivity index (χ4n) is 7.39. The third kappa shape index (κ3) is 6.16. The highest BCUT2D eigenvalue weighted by atomic mass is 16.5. The van der Waals surface area contributed by atoms with Crippen LogP contribution in [0.5, 0.6) is 5.75 Å². The Morgan fingerprint density at radius 2 is 1.88 bits per heavy atom. The summed E-state index contributed by atoms with van der Waals surface area (Å²) in [5, 5.41) is 2.20. The van der Waals surface area contributed by atoms with E-state index in [0.29, 0.717) is 18.2 Å². The molecule has 1 unspecified atom stereocenters. The Hall–Kier alpha value is -3.48. The molecule has 0 aromatic heterocycles. The molecule has 1 heterocycles. The van der Waals surface area contributed by atoms with Gasteiger partial charge in [-0.3, -0.25) is 14.5 Å². The molecule has 1 aliphatic carbocycles. The maximum atomic E-state index is 14.3. The van der Waals surface area contributed by atoms with E-state index < -0.39 is 0 Å². The van der Waals surface area contributed by atoms with Gasteiger partial charge < -0.3 is 14.4 Å². The van der Waals surface area contributed by atoms with Crippen molar-refractivity contribution in [2.75, 3.05) is 33.3 Å². The summed E-state index contributed by atoms with van der Waals surface area (Å²) in [7, 11) is 1.80. The van der Waals surface area contributed by atoms with Crippen molar-refractivity contribution in [2.24, 2.45) is 11.8 Å². The van der Waals surface area contributed by atoms with E-state index in [-0.39, 0.29) is 35.4 Å². The van der Waals surface area contributed by atoms with Crippen molar-refractivity contribution >= 4 is 22.6 Å². The van der Waals surface area contributed by atoms with Crippen LogP contribution in [-0.2, 0) is 14.9 Å². The number of ether oxygens (including phenoxy) is 2. The minimum atomic E-state index is -0.331. The molecule has 3 aromatic rings. The lowest BCUT2D eigenvalue weighted by Crippen LogP contribution is -2.62. The summed E-state index contributed by atoms with van der Waals surface area (Å²) in [5.41, 5.74) is 1.63. The van der Waals surface area contributed by atoms with Gasteiger partial charge in [0.1, 0.15) is 5.75 Å². The molecule has 0 spiro atoms. The monoisotopic (exact) mass is 568 g/mol. The SMILES string of the molecule is C=CCN1CC[C@@]2(c3cccc(OC(C)=O)c3)C[C@H](N(CC(C)C)C(=O)c3ccc4ccccc4c3)CC(OC)[C@@H]2C1. The lowest BCUT2D eigenvalue weighted by molar-refractivity contribution is -0.131. The highest BCUT2D eigenvalue weighted by Crippen LogP contribution is 2.51. The molecule has 2 aliphatic rings. The van der Waals surface area contributed by atoms with Gasteiger partial charge in [-0.1, -0.05) is 62.4 Å². The third-order valence-electron chi connectivity index (χ3n) is 9.21. The Bertz CT molecular complexity index is 1430. The van der Waals surface area contributed by atoms with Gasteiger partial charge in [-0.2, -0.15) is 0 Å². The van der Waals surface area contributed by atoms with E-state index in [1.807, 2.05) is 54.6 Å². The first kappa shape index (κ1) is 30.0. The van der Waals surface area contributed by atoms with Crippen molar-refractivity contribution in [3.05, 3.63) is 90.5 Å². The molecule has 1 saturated heterocycles. The number of methoxy groups -OCH3 is 1. The first-order valence-electron chi connectivity index (χ1n) is 15.2. The zero-order valence-electron chi connectivity index (χ0n) is 25.4. The van der Waals surface area contributed by atoms with Crippen LogP contribution >= 0.6 is 0 Å². The number of likely N-dealkylation sites (tertiary alicyclic amines) is 1. The number of benzene rings is 3. The van der Waals surface area contributed by atoms with Gasteiger partial charge >= 0.3 is 5.97 Å². The highest BCUT2D eigenvalue weighted by Gasteiger charge is 2.54. The van der Waals surface area contributed by atoms with Gasteiger partial charge in [0, 0.05) is 56.6 Å². The molecule has 6 nitrogen and oxygen atoms in total. The lowest BCUT2D eigenvalue weighted by atomic mass is 9.56. The number of fused-ring (bicyclic) bond motifs is 2. The molecule has 5 rings (SSSR count). The van der Waals surface area contributed by atoms with Crippen molar-refractivity contribution in [1.29, 1.82) is 0 Å². The van der Waals surface area contributed by atoms with Crippen LogP contribution in [0.3, 0.4) is 0 Å². The van der Waals surface area contributed by atoms with E-state index in [9.17, 15) is 9.59 Å². The molecule has 0 bridgehead atoms. The maximum absolute atomic E-state index is 14.3. The van der Waals surface area contributed by atoms with E-state index in [4.69, 9.17) is 9.47 Å². The number of nitrogens with zero attached hydrogens (tertiary/aromatic N) is 2. The molecule has 1 amide bonds. The van der Waals surface area contributed by atoms with Crippen LogP contribution in [0.25, 0.3) is 10.8 Å². The van der Waals surface area contributed by atoms with Crippen LogP contribution in [0.2, 0.25) is 0 Å². The topological polar surface area (TPSA) is 59.1 Å². The van der Waals surface area contributed by atoms with Gasteiger partial charge in [-0.05, 0) is 72.3 Å². The molecule has 2 fully saturated rings. The molecule has 4 atom stereocenters. The number of hydrogen-bond acceptors (Lipinski definition) is 5. The highest BCUT2D eigenvalue weighted by molar-refractivity contribution is 5.98. The number of piperidine rings is 1. The van der Waals surface area contributed by atoms with E-state index >= 15 is 0 Å². The summed E-state index contributed by atoms with van der Waals surface area (Å²) in [6.45, 7) is 13.1. The van der Waals surface area contributed by atoms with Crippen molar-refractivity contribution in [3.63, 3.8) is 0 Å². The van der Waals surface area contributed by atoms with Gasteiger partial charge in [0.15, 0.2) is 0 Å². The predicted octanol–water partition coefficient (Wildman–Crippen LogP) is 6.49. The second kappa shape index (κ2) is 12.8.